The summed E-state index contributed by atoms with van der Waals surface area (Å²) in [5.74, 6) is 0. The highest BCUT2D eigenvalue weighted by atomic mass is 27.0. The zero-order valence-corrected chi connectivity index (χ0v) is 7.60. The van der Waals surface area contributed by atoms with Crippen molar-refractivity contribution in [1.29, 1.82) is 0 Å². The molecule has 0 fully saturated rings. The van der Waals surface area contributed by atoms with Crippen LogP contribution in [0.25, 0.3) is 11.3 Å². The zero-order valence-electron chi connectivity index (χ0n) is 6.45. The minimum absolute atomic E-state index is 0. The Balaban J connectivity index is 0.000000720. The van der Waals surface area contributed by atoms with Gasteiger partial charge in [-0.3, -0.25) is 4.79 Å². The summed E-state index contributed by atoms with van der Waals surface area (Å²) in [6, 6.07) is 8.84. The minimum atomic E-state index is 0. The molecule has 0 bridgehead atoms. The lowest BCUT2D eigenvalue weighted by Gasteiger charge is -2.00. The summed E-state index contributed by atoms with van der Waals surface area (Å²) in [6.45, 7) is 0. The minimum Gasteiger partial charge on any atom is -0.361 e. The Kier molecular flexibility index (Phi) is 2.70. The number of pyridine rings is 1. The average Bonchev–Trinajstić information content (AvgIpc) is 2.04. The maximum Gasteiger partial charge on any atom is 0.180 e. The maximum atomic E-state index is 10.9. The van der Waals surface area contributed by atoms with Gasteiger partial charge in [-0.25, -0.2) is 0 Å². The number of aromatic amines is 1. The predicted octanol–water partition coefficient (Wildman–Crippen LogP) is 1.10. The van der Waals surface area contributed by atoms with Crippen molar-refractivity contribution in [2.24, 2.45) is 0 Å². The Morgan fingerprint density at radius 3 is 2.83 bits per heavy atom. The number of H-pyrrole nitrogens is 1. The van der Waals surface area contributed by atoms with Gasteiger partial charge in [0.25, 0.3) is 0 Å². The van der Waals surface area contributed by atoms with E-state index in [0.29, 0.717) is 0 Å². The summed E-state index contributed by atoms with van der Waals surface area (Å²) in [4.78, 5) is 13.9. The number of nitrogens with one attached hydrogen (secondary N) is 1. The second-order valence-corrected chi connectivity index (χ2v) is 2.42. The normalized spacial score (nSPS) is 9.33. The highest BCUT2D eigenvalue weighted by Gasteiger charge is 1.97. The molecular weight excluding hydrogens is 165 g/mol. The van der Waals surface area contributed by atoms with Crippen LogP contribution in [-0.2, 0) is 0 Å². The fourth-order valence-corrected chi connectivity index (χ4v) is 1.10. The van der Waals surface area contributed by atoms with E-state index in [0.717, 1.165) is 11.3 Å². The summed E-state index contributed by atoms with van der Waals surface area (Å²) in [6.07, 6.45) is 1.81. The summed E-state index contributed by atoms with van der Waals surface area (Å²) in [7, 11) is 0. The van der Waals surface area contributed by atoms with Crippen molar-refractivity contribution < 1.29 is 0 Å². The number of fused-ring (bicyclic) bond motifs is 1. The Morgan fingerprint density at radius 1 is 1.17 bits per heavy atom. The third-order valence-corrected chi connectivity index (χ3v) is 1.64. The van der Waals surface area contributed by atoms with Gasteiger partial charge in [-0.2, -0.15) is 0 Å². The molecule has 3 heteroatoms. The van der Waals surface area contributed by atoms with E-state index in [2.05, 4.69) is 4.98 Å². The largest absolute Gasteiger partial charge is 0.361 e. The topological polar surface area (TPSA) is 32.9 Å². The second-order valence-electron chi connectivity index (χ2n) is 2.42. The quantitative estimate of drug-likeness (QED) is 0.593. The van der Waals surface area contributed by atoms with Crippen molar-refractivity contribution in [3.63, 3.8) is 0 Å². The summed E-state index contributed by atoms with van der Waals surface area (Å²) < 4.78 is 0. The highest BCUT2D eigenvalue weighted by molar-refractivity contribution is 5.75. The molecule has 0 saturated carbocycles. The van der Waals surface area contributed by atoms with Gasteiger partial charge in [0.1, 0.15) is 0 Å². The smallest absolute Gasteiger partial charge is 0.180 e. The summed E-state index contributed by atoms with van der Waals surface area (Å²) in [5.41, 5.74) is 1.99. The average molecular weight is 172 g/mol. The van der Waals surface area contributed by atoms with E-state index in [1.54, 1.807) is 12.1 Å². The van der Waals surface area contributed by atoms with Crippen LogP contribution in [0, 0.1) is 0 Å². The van der Waals surface area contributed by atoms with E-state index in [1.807, 2.05) is 24.4 Å². The van der Waals surface area contributed by atoms with Crippen molar-refractivity contribution in [2.75, 3.05) is 0 Å². The van der Waals surface area contributed by atoms with Crippen LogP contribution in [0.4, 0.5) is 0 Å². The fourth-order valence-electron chi connectivity index (χ4n) is 1.10. The van der Waals surface area contributed by atoms with Crippen LogP contribution in [0.15, 0.2) is 41.3 Å². The van der Waals surface area contributed by atoms with Crippen LogP contribution in [0.3, 0.4) is 0 Å². The molecule has 1 aliphatic heterocycles. The van der Waals surface area contributed by atoms with Crippen LogP contribution in [0.5, 0.6) is 0 Å². The van der Waals surface area contributed by atoms with Crippen molar-refractivity contribution in [2.45, 2.75) is 0 Å². The molecule has 0 aromatic rings. The van der Waals surface area contributed by atoms with Gasteiger partial charge in [0.05, 0.1) is 0 Å². The molecule has 0 saturated heterocycles. The molecule has 0 unspecified atom stereocenters. The van der Waals surface area contributed by atoms with Crippen molar-refractivity contribution in [3.8, 4) is 11.3 Å². The van der Waals surface area contributed by atoms with Crippen LogP contribution < -0.4 is 5.43 Å². The van der Waals surface area contributed by atoms with Gasteiger partial charge in [0.15, 0.2) is 5.43 Å². The summed E-state index contributed by atoms with van der Waals surface area (Å²) >= 11 is 0. The van der Waals surface area contributed by atoms with Crippen molar-refractivity contribution in [3.05, 3.63) is 46.8 Å². The molecule has 0 aromatic heterocycles. The van der Waals surface area contributed by atoms with E-state index in [1.165, 1.54) is 0 Å². The first-order chi connectivity index (χ1) is 5.36. The molecule has 57 valence electrons. The molecule has 0 aromatic carbocycles. The Hall–Kier alpha value is -1.04. The molecule has 0 amide bonds. The lowest BCUT2D eigenvalue weighted by atomic mass is 10.1. The van der Waals surface area contributed by atoms with E-state index < -0.39 is 0 Å². The van der Waals surface area contributed by atoms with E-state index in [9.17, 15) is 4.79 Å². The third kappa shape index (κ3) is 1.58. The predicted molar refractivity (Wildman–Crippen MR) is 49.4 cm³/mol. The van der Waals surface area contributed by atoms with Crippen LogP contribution in [-0.4, -0.2) is 22.3 Å². The Morgan fingerprint density at radius 2 is 2.00 bits per heavy atom. The fraction of sp³-hybridized carbons (Fsp3) is 0. The number of benzene rings is 1. The molecule has 3 radical (unpaired) electrons. The number of hydrogen-bond acceptors (Lipinski definition) is 1. The van der Waals surface area contributed by atoms with Crippen LogP contribution in [0.1, 0.15) is 0 Å². The number of hydrogen-bond donors (Lipinski definition) is 1. The first-order valence-corrected chi connectivity index (χ1v) is 3.44. The van der Waals surface area contributed by atoms with Crippen LogP contribution >= 0.6 is 0 Å². The van der Waals surface area contributed by atoms with E-state index in [-0.39, 0.29) is 22.8 Å². The number of aromatic nitrogens is 1. The monoisotopic (exact) mass is 172 g/mol. The standard InChI is InChI=1S/C9H7NO.Al/c11-8-4-3-7-2-1-5-10-9(7)6-8;/h1-6,10H;. The van der Waals surface area contributed by atoms with Crippen molar-refractivity contribution in [1.82, 2.24) is 4.98 Å². The molecule has 0 atom stereocenters. The van der Waals surface area contributed by atoms with Crippen LogP contribution in [0.2, 0.25) is 0 Å². The molecule has 2 nitrogen and oxygen atoms in total. The zero-order chi connectivity index (χ0) is 7.68. The van der Waals surface area contributed by atoms with Crippen molar-refractivity contribution >= 4 is 17.4 Å². The molecule has 12 heavy (non-hydrogen) atoms. The Bertz CT molecular complexity index is 396. The molecule has 2 aliphatic rings. The van der Waals surface area contributed by atoms with Gasteiger partial charge in [-0.05, 0) is 23.8 Å². The lowest BCUT2D eigenvalue weighted by molar-refractivity contribution is 1.31. The van der Waals surface area contributed by atoms with Gasteiger partial charge in [0, 0.05) is 35.3 Å². The highest BCUT2D eigenvalue weighted by Crippen LogP contribution is 2.13. The maximum absolute atomic E-state index is 10.9. The molecule has 2 rings (SSSR count). The van der Waals surface area contributed by atoms with Gasteiger partial charge in [0.2, 0.25) is 0 Å². The first-order valence-electron chi connectivity index (χ1n) is 3.44. The SMILES string of the molecule is O=c1ccc2ccc[nH]c-2c1.[Al]. The van der Waals surface area contributed by atoms with E-state index in [4.69, 9.17) is 0 Å². The van der Waals surface area contributed by atoms with Gasteiger partial charge in [-0.15, -0.1) is 0 Å². The summed E-state index contributed by atoms with van der Waals surface area (Å²) in [5, 5.41) is 0. The molecule has 1 N–H and O–H groups in total. The van der Waals surface area contributed by atoms with Gasteiger partial charge >= 0.3 is 0 Å². The van der Waals surface area contributed by atoms with Gasteiger partial charge < -0.3 is 4.98 Å². The third-order valence-electron chi connectivity index (χ3n) is 1.64. The lowest BCUT2D eigenvalue weighted by Crippen LogP contribution is -1.98. The Labute approximate surface area is 80.7 Å². The van der Waals surface area contributed by atoms with Gasteiger partial charge in [-0.1, -0.05) is 6.07 Å². The second kappa shape index (κ2) is 3.57. The molecule has 1 aliphatic carbocycles. The van der Waals surface area contributed by atoms with E-state index >= 15 is 0 Å². The molecular formula is C9H7AlNO. The first kappa shape index (κ1) is 9.05. The number of rotatable bonds is 0. The molecule has 0 spiro atoms. The molecule has 1 heterocycles.